The smallest absolute Gasteiger partial charge is 0.258 e. The second-order valence-corrected chi connectivity index (χ2v) is 4.17. The Kier molecular flexibility index (Phi) is 4.98. The Labute approximate surface area is 121 Å². The van der Waals surface area contributed by atoms with E-state index >= 15 is 0 Å². The van der Waals surface area contributed by atoms with Gasteiger partial charge in [-0.1, -0.05) is 0 Å². The van der Waals surface area contributed by atoms with Gasteiger partial charge in [-0.25, -0.2) is 0 Å². The maximum absolute atomic E-state index is 11.7. The number of aldehydes is 1. The third kappa shape index (κ3) is 4.10. The van der Waals surface area contributed by atoms with Gasteiger partial charge in [0.1, 0.15) is 12.0 Å². The van der Waals surface area contributed by atoms with Gasteiger partial charge < -0.3 is 19.2 Å². The molecular formula is C15H15NO5. The molecule has 1 N–H and O–H groups in total. The molecule has 0 spiro atoms. The Hall–Kier alpha value is -2.76. The summed E-state index contributed by atoms with van der Waals surface area (Å²) in [5.74, 6) is 1.18. The number of amides is 1. The van der Waals surface area contributed by atoms with Crippen LogP contribution >= 0.6 is 0 Å². The molecule has 0 saturated carbocycles. The molecule has 6 nitrogen and oxygen atoms in total. The molecule has 0 aliphatic carbocycles. The summed E-state index contributed by atoms with van der Waals surface area (Å²) in [5, 5.41) is 2.66. The summed E-state index contributed by atoms with van der Waals surface area (Å²) in [6, 6.07) is 8.23. The number of carbonyl (C=O) groups excluding carboxylic acids is 2. The van der Waals surface area contributed by atoms with Gasteiger partial charge in [0.25, 0.3) is 5.91 Å². The molecule has 0 unspecified atom stereocenters. The Morgan fingerprint density at radius 2 is 2.19 bits per heavy atom. The quantitative estimate of drug-likeness (QED) is 0.786. The SMILES string of the molecule is COc1cc(C=O)ccc1OCC(=O)NCc1ccco1. The summed E-state index contributed by atoms with van der Waals surface area (Å²) >= 11 is 0. The average Bonchev–Trinajstić information content (AvgIpc) is 3.04. The molecular weight excluding hydrogens is 274 g/mol. The van der Waals surface area contributed by atoms with Crippen LogP contribution in [0.5, 0.6) is 11.5 Å². The molecule has 1 aromatic carbocycles. The van der Waals surface area contributed by atoms with Gasteiger partial charge in [0.05, 0.1) is 19.9 Å². The van der Waals surface area contributed by atoms with Crippen LogP contribution in [0, 0.1) is 0 Å². The van der Waals surface area contributed by atoms with E-state index in [1.54, 1.807) is 30.3 Å². The molecule has 1 heterocycles. The summed E-state index contributed by atoms with van der Waals surface area (Å²) < 4.78 is 15.6. The molecule has 2 rings (SSSR count). The van der Waals surface area contributed by atoms with E-state index in [-0.39, 0.29) is 12.5 Å². The monoisotopic (exact) mass is 289 g/mol. The van der Waals surface area contributed by atoms with Crippen molar-refractivity contribution in [3.05, 3.63) is 47.9 Å². The summed E-state index contributed by atoms with van der Waals surface area (Å²) in [5.41, 5.74) is 0.474. The van der Waals surface area contributed by atoms with Gasteiger partial charge in [-0.2, -0.15) is 0 Å². The van der Waals surface area contributed by atoms with Crippen LogP contribution < -0.4 is 14.8 Å². The van der Waals surface area contributed by atoms with Crippen LogP contribution in [-0.2, 0) is 11.3 Å². The number of ether oxygens (including phenoxy) is 2. The highest BCUT2D eigenvalue weighted by atomic mass is 16.5. The van der Waals surface area contributed by atoms with Crippen molar-refractivity contribution in [2.24, 2.45) is 0 Å². The minimum Gasteiger partial charge on any atom is -0.493 e. The zero-order valence-corrected chi connectivity index (χ0v) is 11.5. The van der Waals surface area contributed by atoms with Crippen LogP contribution in [0.25, 0.3) is 0 Å². The second kappa shape index (κ2) is 7.14. The lowest BCUT2D eigenvalue weighted by Crippen LogP contribution is -2.28. The summed E-state index contributed by atoms with van der Waals surface area (Å²) in [6.07, 6.45) is 2.25. The molecule has 110 valence electrons. The van der Waals surface area contributed by atoms with Gasteiger partial charge in [-0.15, -0.1) is 0 Å². The van der Waals surface area contributed by atoms with Crippen molar-refractivity contribution in [3.8, 4) is 11.5 Å². The maximum atomic E-state index is 11.7. The molecule has 1 amide bonds. The van der Waals surface area contributed by atoms with Crippen molar-refractivity contribution in [1.82, 2.24) is 5.32 Å². The summed E-state index contributed by atoms with van der Waals surface area (Å²) in [6.45, 7) is 0.147. The van der Waals surface area contributed by atoms with Crippen LogP contribution in [0.2, 0.25) is 0 Å². The van der Waals surface area contributed by atoms with E-state index < -0.39 is 0 Å². The van der Waals surface area contributed by atoms with Crippen molar-refractivity contribution < 1.29 is 23.5 Å². The predicted octanol–water partition coefficient (Wildman–Crippen LogP) is 1.80. The molecule has 1 aromatic heterocycles. The molecule has 6 heteroatoms. The van der Waals surface area contributed by atoms with Crippen LogP contribution in [-0.4, -0.2) is 25.9 Å². The lowest BCUT2D eigenvalue weighted by molar-refractivity contribution is -0.123. The molecule has 0 radical (unpaired) electrons. The first kappa shape index (κ1) is 14.6. The van der Waals surface area contributed by atoms with Gasteiger partial charge in [0, 0.05) is 5.56 Å². The van der Waals surface area contributed by atoms with Gasteiger partial charge in [-0.05, 0) is 30.3 Å². The number of rotatable bonds is 7. The molecule has 0 aliphatic rings. The highest BCUT2D eigenvalue weighted by Crippen LogP contribution is 2.27. The lowest BCUT2D eigenvalue weighted by atomic mass is 10.2. The van der Waals surface area contributed by atoms with Crippen LogP contribution in [0.4, 0.5) is 0 Å². The van der Waals surface area contributed by atoms with Crippen molar-refractivity contribution >= 4 is 12.2 Å². The van der Waals surface area contributed by atoms with Gasteiger partial charge in [0.15, 0.2) is 18.1 Å². The molecule has 21 heavy (non-hydrogen) atoms. The Morgan fingerprint density at radius 3 is 2.86 bits per heavy atom. The Balaban J connectivity index is 1.87. The lowest BCUT2D eigenvalue weighted by Gasteiger charge is -2.10. The third-order valence-electron chi connectivity index (χ3n) is 2.72. The fourth-order valence-electron chi connectivity index (χ4n) is 1.67. The van der Waals surface area contributed by atoms with Gasteiger partial charge >= 0.3 is 0 Å². The fourth-order valence-corrected chi connectivity index (χ4v) is 1.67. The van der Waals surface area contributed by atoms with Crippen LogP contribution in [0.1, 0.15) is 16.1 Å². The standard InChI is InChI=1S/C15H15NO5/c1-19-14-7-11(9-17)4-5-13(14)21-10-15(18)16-8-12-3-2-6-20-12/h2-7,9H,8,10H2,1H3,(H,16,18). The predicted molar refractivity (Wildman–Crippen MR) is 74.4 cm³/mol. The zero-order valence-electron chi connectivity index (χ0n) is 11.5. The number of nitrogens with one attached hydrogen (secondary N) is 1. The van der Waals surface area contributed by atoms with Crippen LogP contribution in [0.3, 0.4) is 0 Å². The van der Waals surface area contributed by atoms with E-state index in [0.29, 0.717) is 35.7 Å². The molecule has 0 saturated heterocycles. The van der Waals surface area contributed by atoms with E-state index in [1.807, 2.05) is 0 Å². The van der Waals surface area contributed by atoms with Crippen molar-refractivity contribution in [3.63, 3.8) is 0 Å². The Morgan fingerprint density at radius 1 is 1.33 bits per heavy atom. The third-order valence-corrected chi connectivity index (χ3v) is 2.72. The van der Waals surface area contributed by atoms with E-state index in [0.717, 1.165) is 0 Å². The number of hydrogen-bond acceptors (Lipinski definition) is 5. The molecule has 0 aliphatic heterocycles. The minimum atomic E-state index is -0.284. The summed E-state index contributed by atoms with van der Waals surface area (Å²) in [7, 11) is 1.47. The van der Waals surface area contributed by atoms with E-state index in [9.17, 15) is 9.59 Å². The first-order chi connectivity index (χ1) is 10.2. The van der Waals surface area contributed by atoms with Gasteiger partial charge in [-0.3, -0.25) is 9.59 Å². The molecule has 0 atom stereocenters. The minimum absolute atomic E-state index is 0.155. The number of benzene rings is 1. The highest BCUT2D eigenvalue weighted by Gasteiger charge is 2.09. The largest absolute Gasteiger partial charge is 0.493 e. The van der Waals surface area contributed by atoms with Crippen LogP contribution in [0.15, 0.2) is 41.0 Å². The second-order valence-electron chi connectivity index (χ2n) is 4.17. The fraction of sp³-hybridized carbons (Fsp3) is 0.200. The van der Waals surface area contributed by atoms with Crippen molar-refractivity contribution in [1.29, 1.82) is 0 Å². The van der Waals surface area contributed by atoms with E-state index in [2.05, 4.69) is 5.32 Å². The molecule has 0 bridgehead atoms. The molecule has 0 fully saturated rings. The normalized spacial score (nSPS) is 9.95. The Bertz CT molecular complexity index is 607. The first-order valence-electron chi connectivity index (χ1n) is 6.28. The van der Waals surface area contributed by atoms with Gasteiger partial charge in [0.2, 0.25) is 0 Å². The first-order valence-corrected chi connectivity index (χ1v) is 6.28. The topological polar surface area (TPSA) is 77.8 Å². The molecule has 2 aromatic rings. The number of hydrogen-bond donors (Lipinski definition) is 1. The van der Waals surface area contributed by atoms with Crippen molar-refractivity contribution in [2.45, 2.75) is 6.54 Å². The van der Waals surface area contributed by atoms with E-state index in [4.69, 9.17) is 13.9 Å². The number of furan rings is 1. The number of carbonyl (C=O) groups is 2. The highest BCUT2D eigenvalue weighted by molar-refractivity contribution is 5.78. The van der Waals surface area contributed by atoms with Crippen molar-refractivity contribution in [2.75, 3.05) is 13.7 Å². The number of methoxy groups -OCH3 is 1. The zero-order chi connectivity index (χ0) is 15.1. The average molecular weight is 289 g/mol. The maximum Gasteiger partial charge on any atom is 0.258 e. The summed E-state index contributed by atoms with van der Waals surface area (Å²) in [4.78, 5) is 22.3. The van der Waals surface area contributed by atoms with E-state index in [1.165, 1.54) is 13.4 Å².